The Morgan fingerprint density at radius 3 is 3.09 bits per heavy atom. The SMILES string of the molecule is CC(=O)N[C@@H]1CCO[C@@H]1CI. The number of halogens is 1. The van der Waals surface area contributed by atoms with E-state index in [9.17, 15) is 4.79 Å². The Balaban J connectivity index is 2.37. The van der Waals surface area contributed by atoms with Crippen LogP contribution in [0.5, 0.6) is 0 Å². The number of alkyl halides is 1. The Kier molecular flexibility index (Phi) is 3.58. The van der Waals surface area contributed by atoms with Crippen molar-refractivity contribution in [2.24, 2.45) is 0 Å². The summed E-state index contributed by atoms with van der Waals surface area (Å²) in [4.78, 5) is 10.7. The fourth-order valence-electron chi connectivity index (χ4n) is 1.23. The summed E-state index contributed by atoms with van der Waals surface area (Å²) in [6.07, 6.45) is 1.17. The third-order valence-corrected chi connectivity index (χ3v) is 2.62. The van der Waals surface area contributed by atoms with E-state index in [1.54, 1.807) is 6.92 Å². The van der Waals surface area contributed by atoms with Crippen LogP contribution in [-0.4, -0.2) is 29.1 Å². The number of hydrogen-bond donors (Lipinski definition) is 1. The number of rotatable bonds is 2. The first kappa shape index (κ1) is 9.25. The van der Waals surface area contributed by atoms with E-state index < -0.39 is 0 Å². The maximum Gasteiger partial charge on any atom is 0.217 e. The minimum Gasteiger partial charge on any atom is -0.375 e. The molecule has 1 aliphatic heterocycles. The lowest BCUT2D eigenvalue weighted by Crippen LogP contribution is -2.39. The topological polar surface area (TPSA) is 38.3 Å². The molecule has 0 spiro atoms. The second-order valence-electron chi connectivity index (χ2n) is 2.66. The van der Waals surface area contributed by atoms with Gasteiger partial charge in [-0.15, -0.1) is 0 Å². The van der Waals surface area contributed by atoms with Crippen molar-refractivity contribution in [2.75, 3.05) is 11.0 Å². The normalized spacial score (nSPS) is 30.4. The largest absolute Gasteiger partial charge is 0.375 e. The van der Waals surface area contributed by atoms with Crippen LogP contribution in [0.4, 0.5) is 0 Å². The summed E-state index contributed by atoms with van der Waals surface area (Å²) in [5.41, 5.74) is 0. The molecule has 64 valence electrons. The van der Waals surface area contributed by atoms with Crippen molar-refractivity contribution in [3.63, 3.8) is 0 Å². The van der Waals surface area contributed by atoms with Crippen LogP contribution in [0, 0.1) is 0 Å². The van der Waals surface area contributed by atoms with Crippen LogP contribution in [0.15, 0.2) is 0 Å². The van der Waals surface area contributed by atoms with E-state index in [2.05, 4.69) is 27.9 Å². The first-order valence-electron chi connectivity index (χ1n) is 3.68. The summed E-state index contributed by atoms with van der Waals surface area (Å²) >= 11 is 2.28. The van der Waals surface area contributed by atoms with Crippen molar-refractivity contribution in [3.05, 3.63) is 0 Å². The Morgan fingerprint density at radius 2 is 2.55 bits per heavy atom. The monoisotopic (exact) mass is 269 g/mol. The molecule has 1 heterocycles. The number of carbonyl (C=O) groups is 1. The van der Waals surface area contributed by atoms with E-state index in [1.165, 1.54) is 0 Å². The van der Waals surface area contributed by atoms with Gasteiger partial charge in [0.15, 0.2) is 0 Å². The second kappa shape index (κ2) is 4.25. The molecular formula is C7H12INO2. The van der Waals surface area contributed by atoms with Crippen LogP contribution in [0.25, 0.3) is 0 Å². The summed E-state index contributed by atoms with van der Waals surface area (Å²) in [6.45, 7) is 2.32. The molecular weight excluding hydrogens is 257 g/mol. The van der Waals surface area contributed by atoms with Crippen molar-refractivity contribution in [2.45, 2.75) is 25.5 Å². The highest BCUT2D eigenvalue weighted by molar-refractivity contribution is 14.1. The zero-order chi connectivity index (χ0) is 8.27. The molecule has 0 unspecified atom stereocenters. The molecule has 0 bridgehead atoms. The van der Waals surface area contributed by atoms with Crippen molar-refractivity contribution in [3.8, 4) is 0 Å². The first-order valence-corrected chi connectivity index (χ1v) is 5.21. The van der Waals surface area contributed by atoms with Crippen molar-refractivity contribution < 1.29 is 9.53 Å². The highest BCUT2D eigenvalue weighted by Gasteiger charge is 2.27. The molecule has 0 radical (unpaired) electrons. The van der Waals surface area contributed by atoms with Gasteiger partial charge in [0, 0.05) is 18.0 Å². The van der Waals surface area contributed by atoms with Gasteiger partial charge in [-0.2, -0.15) is 0 Å². The van der Waals surface area contributed by atoms with E-state index in [-0.39, 0.29) is 18.1 Å². The maximum absolute atomic E-state index is 10.7. The molecule has 1 N–H and O–H groups in total. The summed E-state index contributed by atoms with van der Waals surface area (Å²) in [6, 6.07) is 0.240. The maximum atomic E-state index is 10.7. The van der Waals surface area contributed by atoms with Crippen LogP contribution in [-0.2, 0) is 9.53 Å². The minimum absolute atomic E-state index is 0.0374. The van der Waals surface area contributed by atoms with E-state index >= 15 is 0 Å². The number of amides is 1. The predicted octanol–water partition coefficient (Wildman–Crippen LogP) is 0.715. The summed E-state index contributed by atoms with van der Waals surface area (Å²) in [5, 5.41) is 2.87. The molecule has 0 aromatic rings. The summed E-state index contributed by atoms with van der Waals surface area (Å²) < 4.78 is 6.34. The van der Waals surface area contributed by atoms with E-state index in [1.807, 2.05) is 0 Å². The molecule has 2 atom stereocenters. The molecule has 1 rings (SSSR count). The average molecular weight is 269 g/mol. The van der Waals surface area contributed by atoms with Crippen molar-refractivity contribution in [1.29, 1.82) is 0 Å². The molecule has 11 heavy (non-hydrogen) atoms. The molecule has 0 aliphatic carbocycles. The van der Waals surface area contributed by atoms with Gasteiger partial charge in [-0.1, -0.05) is 22.6 Å². The number of nitrogens with one attached hydrogen (secondary N) is 1. The van der Waals surface area contributed by atoms with Crippen LogP contribution < -0.4 is 5.32 Å². The number of carbonyl (C=O) groups excluding carboxylic acids is 1. The van der Waals surface area contributed by atoms with Crippen LogP contribution in [0.1, 0.15) is 13.3 Å². The number of ether oxygens (including phenoxy) is 1. The van der Waals surface area contributed by atoms with Gasteiger partial charge >= 0.3 is 0 Å². The molecule has 1 saturated heterocycles. The van der Waals surface area contributed by atoms with Crippen molar-refractivity contribution >= 4 is 28.5 Å². The van der Waals surface area contributed by atoms with Gasteiger partial charge in [0.2, 0.25) is 5.91 Å². The molecule has 1 fully saturated rings. The number of hydrogen-bond acceptors (Lipinski definition) is 2. The smallest absolute Gasteiger partial charge is 0.217 e. The van der Waals surface area contributed by atoms with Gasteiger partial charge in [-0.25, -0.2) is 0 Å². The van der Waals surface area contributed by atoms with Crippen LogP contribution in [0.2, 0.25) is 0 Å². The fourth-order valence-corrected chi connectivity index (χ4v) is 2.09. The minimum atomic E-state index is 0.0374. The van der Waals surface area contributed by atoms with Gasteiger partial charge in [0.05, 0.1) is 12.1 Å². The first-order chi connectivity index (χ1) is 5.24. The molecule has 0 saturated carbocycles. The van der Waals surface area contributed by atoms with Gasteiger partial charge < -0.3 is 10.1 Å². The van der Waals surface area contributed by atoms with E-state index in [0.29, 0.717) is 0 Å². The summed E-state index contributed by atoms with van der Waals surface area (Å²) in [5.74, 6) is 0.0374. The molecule has 3 nitrogen and oxygen atoms in total. The Morgan fingerprint density at radius 1 is 1.82 bits per heavy atom. The highest BCUT2D eigenvalue weighted by Crippen LogP contribution is 2.15. The zero-order valence-electron chi connectivity index (χ0n) is 6.47. The van der Waals surface area contributed by atoms with Crippen LogP contribution >= 0.6 is 22.6 Å². The zero-order valence-corrected chi connectivity index (χ0v) is 8.63. The van der Waals surface area contributed by atoms with Crippen LogP contribution in [0.3, 0.4) is 0 Å². The lowest BCUT2D eigenvalue weighted by atomic mass is 10.1. The van der Waals surface area contributed by atoms with Gasteiger partial charge in [0.25, 0.3) is 0 Å². The highest BCUT2D eigenvalue weighted by atomic mass is 127. The lowest BCUT2D eigenvalue weighted by Gasteiger charge is -2.16. The third kappa shape index (κ3) is 2.59. The second-order valence-corrected chi connectivity index (χ2v) is 3.54. The molecule has 0 aromatic carbocycles. The molecule has 0 aromatic heterocycles. The van der Waals surface area contributed by atoms with E-state index in [0.717, 1.165) is 17.5 Å². The molecule has 4 heteroatoms. The Labute approximate surface area is 80.0 Å². The van der Waals surface area contributed by atoms with E-state index in [4.69, 9.17) is 4.74 Å². The van der Waals surface area contributed by atoms with Gasteiger partial charge in [-0.3, -0.25) is 4.79 Å². The Bertz CT molecular complexity index is 151. The van der Waals surface area contributed by atoms with Gasteiger partial charge in [0.1, 0.15) is 0 Å². The average Bonchev–Trinajstić information content (AvgIpc) is 2.34. The predicted molar refractivity (Wildman–Crippen MR) is 50.8 cm³/mol. The van der Waals surface area contributed by atoms with Gasteiger partial charge in [-0.05, 0) is 6.42 Å². The van der Waals surface area contributed by atoms with Crippen molar-refractivity contribution in [1.82, 2.24) is 5.32 Å². The third-order valence-electron chi connectivity index (χ3n) is 1.75. The fraction of sp³-hybridized carbons (Fsp3) is 0.857. The molecule has 1 amide bonds. The molecule has 1 aliphatic rings. The standard InChI is InChI=1S/C7H12INO2/c1-5(10)9-6-2-3-11-7(6)4-8/h6-7H,2-4H2,1H3,(H,9,10)/t6-,7-/m1/s1. The summed E-state index contributed by atoms with van der Waals surface area (Å²) in [7, 11) is 0. The Hall–Kier alpha value is 0.160. The quantitative estimate of drug-likeness (QED) is 0.592. The lowest BCUT2D eigenvalue weighted by molar-refractivity contribution is -0.119.